The Morgan fingerprint density at radius 3 is 2.58 bits per heavy atom. The van der Waals surface area contributed by atoms with Gasteiger partial charge in [-0.1, -0.05) is 43.1 Å². The van der Waals surface area contributed by atoms with Crippen LogP contribution in [-0.4, -0.2) is 15.3 Å². The molecule has 3 aromatic rings. The molecule has 0 aliphatic carbocycles. The highest BCUT2D eigenvalue weighted by Gasteiger charge is 2.20. The average molecular weight is 342 g/mol. The van der Waals surface area contributed by atoms with Crippen molar-refractivity contribution in [3.05, 3.63) is 64.1 Å². The van der Waals surface area contributed by atoms with Crippen LogP contribution in [0.2, 0.25) is 5.02 Å². The van der Waals surface area contributed by atoms with E-state index in [-0.39, 0.29) is 5.91 Å². The molecule has 1 amide bonds. The second-order valence-corrected chi connectivity index (χ2v) is 6.39. The number of nitrogens with zero attached hydrogens (tertiary/aromatic N) is 2. The minimum absolute atomic E-state index is 0.161. The van der Waals surface area contributed by atoms with Crippen molar-refractivity contribution in [3.8, 4) is 0 Å². The van der Waals surface area contributed by atoms with Gasteiger partial charge in [0.25, 0.3) is 5.91 Å². The van der Waals surface area contributed by atoms with E-state index in [1.165, 1.54) is 0 Å². The number of aromatic nitrogens is 2. The van der Waals surface area contributed by atoms with Crippen LogP contribution in [0.4, 0.5) is 5.69 Å². The summed E-state index contributed by atoms with van der Waals surface area (Å²) < 4.78 is 1.77. The van der Waals surface area contributed by atoms with Gasteiger partial charge in [-0.25, -0.2) is 4.98 Å². The number of anilines is 1. The number of carbonyl (C=O) groups is 1. The van der Waals surface area contributed by atoms with Crippen LogP contribution in [0.25, 0.3) is 5.65 Å². The summed E-state index contributed by atoms with van der Waals surface area (Å²) in [5, 5.41) is 3.62. The van der Waals surface area contributed by atoms with Gasteiger partial charge in [0.2, 0.25) is 0 Å². The molecule has 0 fully saturated rings. The van der Waals surface area contributed by atoms with Gasteiger partial charge in [-0.2, -0.15) is 0 Å². The molecule has 4 nitrogen and oxygen atoms in total. The molecule has 2 aromatic heterocycles. The second-order valence-electron chi connectivity index (χ2n) is 5.95. The van der Waals surface area contributed by atoms with Crippen molar-refractivity contribution in [1.82, 2.24) is 9.38 Å². The van der Waals surface area contributed by atoms with Crippen LogP contribution in [0.1, 0.15) is 40.7 Å². The summed E-state index contributed by atoms with van der Waals surface area (Å²) in [6.45, 7) is 6.05. The molecule has 0 unspecified atom stereocenters. The van der Waals surface area contributed by atoms with Gasteiger partial charge in [0.1, 0.15) is 11.3 Å². The van der Waals surface area contributed by atoms with Crippen molar-refractivity contribution >= 4 is 28.8 Å². The smallest absolute Gasteiger partial charge is 0.274 e. The van der Waals surface area contributed by atoms with Crippen molar-refractivity contribution in [3.63, 3.8) is 0 Å². The third-order valence-electron chi connectivity index (χ3n) is 4.08. The number of halogens is 1. The summed E-state index contributed by atoms with van der Waals surface area (Å²) in [6.07, 6.45) is 3.40. The maximum absolute atomic E-state index is 13.0. The Morgan fingerprint density at radius 2 is 1.92 bits per heavy atom. The Morgan fingerprint density at radius 1 is 1.21 bits per heavy atom. The predicted octanol–water partition coefficient (Wildman–Crippen LogP) is 4.81. The minimum atomic E-state index is -0.161. The molecule has 0 bridgehead atoms. The van der Waals surface area contributed by atoms with Crippen LogP contribution in [0, 0.1) is 13.8 Å². The number of imidazole rings is 1. The summed E-state index contributed by atoms with van der Waals surface area (Å²) in [5.41, 5.74) is 5.00. The van der Waals surface area contributed by atoms with Gasteiger partial charge in [-0.15, -0.1) is 0 Å². The number of benzene rings is 1. The predicted molar refractivity (Wildman–Crippen MR) is 98.1 cm³/mol. The summed E-state index contributed by atoms with van der Waals surface area (Å²) in [4.78, 5) is 17.6. The average Bonchev–Trinajstić information content (AvgIpc) is 2.88. The van der Waals surface area contributed by atoms with Crippen LogP contribution in [0.5, 0.6) is 0 Å². The molecule has 3 rings (SSSR count). The van der Waals surface area contributed by atoms with Crippen LogP contribution in [0.15, 0.2) is 36.5 Å². The van der Waals surface area contributed by atoms with Crippen molar-refractivity contribution in [2.24, 2.45) is 0 Å². The Balaban J connectivity index is 2.08. The van der Waals surface area contributed by atoms with Crippen LogP contribution < -0.4 is 5.32 Å². The Hall–Kier alpha value is -2.33. The quantitative estimate of drug-likeness (QED) is 0.740. The summed E-state index contributed by atoms with van der Waals surface area (Å²) >= 11 is 6.11. The van der Waals surface area contributed by atoms with Gasteiger partial charge in [0, 0.05) is 11.9 Å². The number of rotatable bonds is 4. The molecule has 0 spiro atoms. The zero-order valence-electron chi connectivity index (χ0n) is 14.1. The third-order valence-corrected chi connectivity index (χ3v) is 4.30. The van der Waals surface area contributed by atoms with E-state index in [1.807, 2.05) is 38.1 Å². The number of nitrogens with one attached hydrogen (secondary N) is 1. The van der Waals surface area contributed by atoms with Crippen LogP contribution in [-0.2, 0) is 6.42 Å². The van der Waals surface area contributed by atoms with Gasteiger partial charge in [-0.05, 0) is 43.5 Å². The van der Waals surface area contributed by atoms with Crippen LogP contribution in [0.3, 0.4) is 0 Å². The molecule has 0 saturated carbocycles. The van der Waals surface area contributed by atoms with E-state index < -0.39 is 0 Å². The van der Waals surface area contributed by atoms with E-state index in [0.717, 1.165) is 41.0 Å². The maximum Gasteiger partial charge on any atom is 0.274 e. The van der Waals surface area contributed by atoms with E-state index in [4.69, 9.17) is 11.6 Å². The van der Waals surface area contributed by atoms with Gasteiger partial charge in [0.15, 0.2) is 0 Å². The molecule has 0 saturated heterocycles. The zero-order valence-corrected chi connectivity index (χ0v) is 14.8. The topological polar surface area (TPSA) is 46.4 Å². The highest BCUT2D eigenvalue weighted by Crippen LogP contribution is 2.23. The highest BCUT2D eigenvalue weighted by molar-refractivity contribution is 6.30. The van der Waals surface area contributed by atoms with Crippen molar-refractivity contribution < 1.29 is 4.79 Å². The molecule has 0 atom stereocenters. The first-order chi connectivity index (χ1) is 11.5. The molecule has 0 radical (unpaired) electrons. The minimum Gasteiger partial charge on any atom is -0.320 e. The fourth-order valence-corrected chi connectivity index (χ4v) is 3.06. The SMILES string of the molecule is CCCc1nc2ccc(Cl)cn2c1C(=O)Nc1c(C)cccc1C. The lowest BCUT2D eigenvalue weighted by molar-refractivity contribution is 0.102. The number of fused-ring (bicyclic) bond motifs is 1. The number of carbonyl (C=O) groups excluding carboxylic acids is 1. The number of hydrogen-bond donors (Lipinski definition) is 1. The standard InChI is InChI=1S/C19H20ClN3O/c1-4-6-15-18(23-11-14(20)9-10-16(23)21-15)19(24)22-17-12(2)7-5-8-13(17)3/h5,7-11H,4,6H2,1-3H3,(H,22,24). The Labute approximate surface area is 146 Å². The molecule has 124 valence electrons. The third kappa shape index (κ3) is 3.02. The van der Waals surface area contributed by atoms with E-state index in [1.54, 1.807) is 16.7 Å². The second kappa shape index (κ2) is 6.65. The number of hydrogen-bond acceptors (Lipinski definition) is 2. The van der Waals surface area contributed by atoms with Gasteiger partial charge >= 0.3 is 0 Å². The van der Waals surface area contributed by atoms with E-state index in [2.05, 4.69) is 17.2 Å². The first-order valence-corrected chi connectivity index (χ1v) is 8.43. The maximum atomic E-state index is 13.0. The van der Waals surface area contributed by atoms with Crippen molar-refractivity contribution in [2.45, 2.75) is 33.6 Å². The first kappa shape index (κ1) is 16.5. The fourth-order valence-electron chi connectivity index (χ4n) is 2.90. The Bertz CT molecular complexity index is 894. The summed E-state index contributed by atoms with van der Waals surface area (Å²) in [7, 11) is 0. The molecule has 24 heavy (non-hydrogen) atoms. The molecule has 0 aliphatic rings. The Kier molecular flexibility index (Phi) is 4.58. The molecule has 0 aliphatic heterocycles. The number of pyridine rings is 1. The van der Waals surface area contributed by atoms with Crippen molar-refractivity contribution in [1.29, 1.82) is 0 Å². The van der Waals surface area contributed by atoms with Gasteiger partial charge < -0.3 is 5.32 Å². The molecule has 5 heteroatoms. The lowest BCUT2D eigenvalue weighted by Gasteiger charge is -2.12. The fraction of sp³-hybridized carbons (Fsp3) is 0.263. The number of aryl methyl sites for hydroxylation is 3. The number of amides is 1. The first-order valence-electron chi connectivity index (χ1n) is 8.05. The van der Waals surface area contributed by atoms with E-state index in [9.17, 15) is 4.79 Å². The highest BCUT2D eigenvalue weighted by atomic mass is 35.5. The lowest BCUT2D eigenvalue weighted by atomic mass is 10.1. The largest absolute Gasteiger partial charge is 0.320 e. The molecular weight excluding hydrogens is 322 g/mol. The van der Waals surface area contributed by atoms with Crippen molar-refractivity contribution in [2.75, 3.05) is 5.32 Å². The monoisotopic (exact) mass is 341 g/mol. The normalized spacial score (nSPS) is 11.0. The molecule has 1 N–H and O–H groups in total. The van der Waals surface area contributed by atoms with Crippen LogP contribution >= 0.6 is 11.6 Å². The zero-order chi connectivity index (χ0) is 17.3. The molecule has 2 heterocycles. The molecular formula is C19H20ClN3O. The van der Waals surface area contributed by atoms with E-state index in [0.29, 0.717) is 10.7 Å². The summed E-state index contributed by atoms with van der Waals surface area (Å²) in [6, 6.07) is 9.57. The summed E-state index contributed by atoms with van der Waals surface area (Å²) in [5.74, 6) is -0.161. The van der Waals surface area contributed by atoms with Gasteiger partial charge in [-0.3, -0.25) is 9.20 Å². The van der Waals surface area contributed by atoms with E-state index >= 15 is 0 Å². The lowest BCUT2D eigenvalue weighted by Crippen LogP contribution is -2.17. The molecule has 1 aromatic carbocycles. The van der Waals surface area contributed by atoms with Gasteiger partial charge in [0.05, 0.1) is 10.7 Å². The number of para-hydroxylation sites is 1.